The second-order valence-corrected chi connectivity index (χ2v) is 7.02. The number of hydrogen-bond acceptors (Lipinski definition) is 7. The number of nitrogens with zero attached hydrogens (tertiary/aromatic N) is 2. The first-order valence-corrected chi connectivity index (χ1v) is 10.5. The zero-order valence-electron chi connectivity index (χ0n) is 19.0. The van der Waals surface area contributed by atoms with Gasteiger partial charge in [0, 0.05) is 0 Å². The molecule has 0 fully saturated rings. The van der Waals surface area contributed by atoms with Gasteiger partial charge in [-0.2, -0.15) is 10.4 Å². The van der Waals surface area contributed by atoms with Crippen LogP contribution in [0.3, 0.4) is 0 Å². The molecule has 0 saturated heterocycles. The van der Waals surface area contributed by atoms with Crippen molar-refractivity contribution in [3.05, 3.63) is 82.9 Å². The Balaban J connectivity index is 1.60. The average molecular weight is 446 g/mol. The van der Waals surface area contributed by atoms with E-state index in [9.17, 15) is 0 Å². The monoisotopic (exact) mass is 445 g/mol. The third-order valence-corrected chi connectivity index (χ3v) is 4.78. The summed E-state index contributed by atoms with van der Waals surface area (Å²) in [5.74, 6) is 2.67. The molecule has 0 aliphatic heterocycles. The topological polar surface area (TPSA) is 85.1 Å². The predicted octanol–water partition coefficient (Wildman–Crippen LogP) is 4.68. The normalized spacial score (nSPS) is 10.5. The molecule has 3 rings (SSSR count). The SMILES string of the molecule is CCOc1cc(/C=N\NCc2ccc(OC)c(OC)c2)ccc1OCc1ccc(C#N)cc1. The van der Waals surface area contributed by atoms with Gasteiger partial charge in [0.15, 0.2) is 23.0 Å². The van der Waals surface area contributed by atoms with E-state index in [2.05, 4.69) is 16.6 Å². The van der Waals surface area contributed by atoms with Crippen molar-refractivity contribution in [1.29, 1.82) is 5.26 Å². The molecule has 0 saturated carbocycles. The molecular formula is C26H27N3O4. The zero-order chi connectivity index (χ0) is 23.5. The summed E-state index contributed by atoms with van der Waals surface area (Å²) >= 11 is 0. The number of hydrogen-bond donors (Lipinski definition) is 1. The summed E-state index contributed by atoms with van der Waals surface area (Å²) in [6.07, 6.45) is 1.73. The molecule has 0 aliphatic rings. The first-order chi connectivity index (χ1) is 16.2. The lowest BCUT2D eigenvalue weighted by atomic mass is 10.1. The lowest BCUT2D eigenvalue weighted by Gasteiger charge is -2.13. The molecule has 0 radical (unpaired) electrons. The van der Waals surface area contributed by atoms with Crippen molar-refractivity contribution in [2.24, 2.45) is 5.10 Å². The molecule has 0 spiro atoms. The van der Waals surface area contributed by atoms with Gasteiger partial charge >= 0.3 is 0 Å². The molecule has 7 heteroatoms. The molecule has 0 heterocycles. The minimum Gasteiger partial charge on any atom is -0.493 e. The molecular weight excluding hydrogens is 418 g/mol. The largest absolute Gasteiger partial charge is 0.493 e. The predicted molar refractivity (Wildman–Crippen MR) is 127 cm³/mol. The van der Waals surface area contributed by atoms with Gasteiger partial charge in [-0.1, -0.05) is 18.2 Å². The quantitative estimate of drug-likeness (QED) is 0.341. The molecule has 0 unspecified atom stereocenters. The van der Waals surface area contributed by atoms with Crippen molar-refractivity contribution in [2.45, 2.75) is 20.1 Å². The van der Waals surface area contributed by atoms with Gasteiger partial charge in [0.2, 0.25) is 0 Å². The fourth-order valence-corrected chi connectivity index (χ4v) is 3.08. The van der Waals surface area contributed by atoms with E-state index in [0.717, 1.165) is 16.7 Å². The summed E-state index contributed by atoms with van der Waals surface area (Å²) in [4.78, 5) is 0. The molecule has 1 N–H and O–H groups in total. The van der Waals surface area contributed by atoms with Crippen molar-refractivity contribution in [1.82, 2.24) is 5.43 Å². The lowest BCUT2D eigenvalue weighted by molar-refractivity contribution is 0.269. The summed E-state index contributed by atoms with van der Waals surface area (Å²) in [5, 5.41) is 13.2. The van der Waals surface area contributed by atoms with Crippen LogP contribution in [0.15, 0.2) is 65.8 Å². The van der Waals surface area contributed by atoms with Gasteiger partial charge in [0.05, 0.1) is 45.2 Å². The molecule has 3 aromatic rings. The Labute approximate surface area is 194 Å². The molecule has 0 atom stereocenters. The van der Waals surface area contributed by atoms with Gasteiger partial charge in [-0.3, -0.25) is 0 Å². The number of ether oxygens (including phenoxy) is 4. The average Bonchev–Trinajstić information content (AvgIpc) is 2.86. The minimum absolute atomic E-state index is 0.381. The van der Waals surface area contributed by atoms with Gasteiger partial charge < -0.3 is 24.4 Å². The smallest absolute Gasteiger partial charge is 0.161 e. The van der Waals surface area contributed by atoms with Crippen molar-refractivity contribution < 1.29 is 18.9 Å². The lowest BCUT2D eigenvalue weighted by Crippen LogP contribution is -2.06. The van der Waals surface area contributed by atoms with E-state index in [1.165, 1.54) is 0 Å². The van der Waals surface area contributed by atoms with Crippen molar-refractivity contribution in [2.75, 3.05) is 20.8 Å². The van der Waals surface area contributed by atoms with Crippen molar-refractivity contribution in [3.8, 4) is 29.1 Å². The van der Waals surface area contributed by atoms with Crippen LogP contribution in [0.1, 0.15) is 29.2 Å². The molecule has 0 amide bonds. The Hall–Kier alpha value is -4.18. The molecule has 7 nitrogen and oxygen atoms in total. The number of nitriles is 1. The molecule has 0 aliphatic carbocycles. The van der Waals surface area contributed by atoms with Crippen LogP contribution in [0.2, 0.25) is 0 Å². The first kappa shape index (κ1) is 23.5. The van der Waals surface area contributed by atoms with Gasteiger partial charge in [0.25, 0.3) is 0 Å². The Kier molecular flexibility index (Phi) is 8.55. The number of benzene rings is 3. The van der Waals surface area contributed by atoms with Gasteiger partial charge in [-0.05, 0) is 66.1 Å². The standard InChI is InChI=1S/C26H27N3O4/c1-4-32-26-14-22(10-12-24(26)33-18-20-7-5-19(15-27)6-8-20)17-29-28-16-21-9-11-23(30-2)25(13-21)31-3/h5-14,17,28H,4,16,18H2,1-3H3/b29-17-. The number of hydrazone groups is 1. The Morgan fingerprint density at radius 1 is 0.848 bits per heavy atom. The van der Waals surface area contributed by atoms with Crippen LogP contribution >= 0.6 is 0 Å². The highest BCUT2D eigenvalue weighted by Crippen LogP contribution is 2.29. The molecule has 0 bridgehead atoms. The van der Waals surface area contributed by atoms with E-state index in [1.54, 1.807) is 32.6 Å². The van der Waals surface area contributed by atoms with E-state index in [1.807, 2.05) is 55.5 Å². The van der Waals surface area contributed by atoms with E-state index >= 15 is 0 Å². The summed E-state index contributed by atoms with van der Waals surface area (Å²) in [7, 11) is 3.22. The van der Waals surface area contributed by atoms with E-state index in [0.29, 0.717) is 48.3 Å². The number of methoxy groups -OCH3 is 2. The summed E-state index contributed by atoms with van der Waals surface area (Å²) in [6.45, 7) is 3.37. The molecule has 3 aromatic carbocycles. The Bertz CT molecular complexity index is 1120. The minimum atomic E-state index is 0.381. The van der Waals surface area contributed by atoms with Gasteiger partial charge in [-0.15, -0.1) is 0 Å². The maximum Gasteiger partial charge on any atom is 0.161 e. The number of rotatable bonds is 11. The highest BCUT2D eigenvalue weighted by Gasteiger charge is 2.07. The van der Waals surface area contributed by atoms with Crippen LogP contribution in [-0.2, 0) is 13.2 Å². The van der Waals surface area contributed by atoms with Crippen LogP contribution in [-0.4, -0.2) is 27.0 Å². The highest BCUT2D eigenvalue weighted by atomic mass is 16.5. The maximum atomic E-state index is 8.91. The zero-order valence-corrected chi connectivity index (χ0v) is 19.0. The second kappa shape index (κ2) is 12.0. The maximum absolute atomic E-state index is 8.91. The van der Waals surface area contributed by atoms with E-state index in [4.69, 9.17) is 24.2 Å². The molecule has 170 valence electrons. The number of nitrogens with one attached hydrogen (secondary N) is 1. The third-order valence-electron chi connectivity index (χ3n) is 4.78. The van der Waals surface area contributed by atoms with Crippen LogP contribution in [0.25, 0.3) is 0 Å². The van der Waals surface area contributed by atoms with Crippen molar-refractivity contribution in [3.63, 3.8) is 0 Å². The van der Waals surface area contributed by atoms with E-state index in [-0.39, 0.29) is 0 Å². The molecule has 0 aromatic heterocycles. The summed E-state index contributed by atoms with van der Waals surface area (Å²) < 4.78 is 22.3. The summed E-state index contributed by atoms with van der Waals surface area (Å²) in [6, 6.07) is 20.8. The fraction of sp³-hybridized carbons (Fsp3) is 0.231. The van der Waals surface area contributed by atoms with Crippen LogP contribution in [0.4, 0.5) is 0 Å². The van der Waals surface area contributed by atoms with E-state index < -0.39 is 0 Å². The first-order valence-electron chi connectivity index (χ1n) is 10.5. The Morgan fingerprint density at radius 3 is 2.27 bits per heavy atom. The van der Waals surface area contributed by atoms with Crippen LogP contribution in [0.5, 0.6) is 23.0 Å². The van der Waals surface area contributed by atoms with Gasteiger partial charge in [-0.25, -0.2) is 0 Å². The Morgan fingerprint density at radius 2 is 1.58 bits per heavy atom. The summed E-state index contributed by atoms with van der Waals surface area (Å²) in [5.41, 5.74) is 6.53. The third kappa shape index (κ3) is 6.65. The fourth-order valence-electron chi connectivity index (χ4n) is 3.08. The van der Waals surface area contributed by atoms with Crippen molar-refractivity contribution >= 4 is 6.21 Å². The van der Waals surface area contributed by atoms with Crippen LogP contribution in [0, 0.1) is 11.3 Å². The highest BCUT2D eigenvalue weighted by molar-refractivity contribution is 5.80. The second-order valence-electron chi connectivity index (χ2n) is 7.02. The molecule has 33 heavy (non-hydrogen) atoms. The van der Waals surface area contributed by atoms with Crippen LogP contribution < -0.4 is 24.4 Å². The van der Waals surface area contributed by atoms with Gasteiger partial charge in [0.1, 0.15) is 6.61 Å².